The van der Waals surface area contributed by atoms with Gasteiger partial charge in [-0.3, -0.25) is 0 Å². The van der Waals surface area contributed by atoms with Crippen molar-refractivity contribution >= 4 is 15.9 Å². The van der Waals surface area contributed by atoms with Gasteiger partial charge in [-0.25, -0.2) is 4.98 Å². The fraction of sp³-hybridized carbons (Fsp3) is 0.222. The van der Waals surface area contributed by atoms with Crippen LogP contribution in [-0.2, 0) is 0 Å². The molecular formula is C9H8BrNO. The lowest BCUT2D eigenvalue weighted by Crippen LogP contribution is -1.97. The number of halogens is 1. The Hall–Kier alpha value is -1.01. The molecule has 0 unspecified atom stereocenters. The van der Waals surface area contributed by atoms with Gasteiger partial charge >= 0.3 is 0 Å². The van der Waals surface area contributed by atoms with Gasteiger partial charge in [0.15, 0.2) is 0 Å². The van der Waals surface area contributed by atoms with Crippen LogP contribution in [0.2, 0.25) is 0 Å². The highest BCUT2D eigenvalue weighted by Gasteiger charge is 1.93. The Morgan fingerprint density at radius 3 is 3.08 bits per heavy atom. The highest BCUT2D eigenvalue weighted by atomic mass is 79.9. The Morgan fingerprint density at radius 1 is 1.58 bits per heavy atom. The van der Waals surface area contributed by atoms with E-state index >= 15 is 0 Å². The molecule has 0 radical (unpaired) electrons. The number of nitrogens with zero attached hydrogens (tertiary/aromatic N) is 1. The first-order valence-electron chi connectivity index (χ1n) is 3.52. The zero-order valence-electron chi connectivity index (χ0n) is 6.46. The van der Waals surface area contributed by atoms with E-state index in [9.17, 15) is 0 Å². The number of terminal acetylenes is 1. The maximum absolute atomic E-state index is 5.24. The summed E-state index contributed by atoms with van der Waals surface area (Å²) in [6.07, 6.45) is 5.67. The molecule has 62 valence electrons. The fourth-order valence-electron chi connectivity index (χ4n) is 0.685. The predicted molar refractivity (Wildman–Crippen MR) is 50.9 cm³/mol. The number of rotatable bonds is 3. The molecule has 0 spiro atoms. The summed E-state index contributed by atoms with van der Waals surface area (Å²) in [6, 6.07) is 5.50. The molecule has 0 fully saturated rings. The maximum atomic E-state index is 5.24. The van der Waals surface area contributed by atoms with Crippen LogP contribution >= 0.6 is 15.9 Å². The number of ether oxygens (including phenoxy) is 1. The molecular weight excluding hydrogens is 218 g/mol. The average molecular weight is 226 g/mol. The van der Waals surface area contributed by atoms with E-state index in [4.69, 9.17) is 11.2 Å². The molecule has 0 atom stereocenters. The van der Waals surface area contributed by atoms with Crippen molar-refractivity contribution in [3.63, 3.8) is 0 Å². The molecule has 1 heterocycles. The van der Waals surface area contributed by atoms with Crippen molar-refractivity contribution in [2.75, 3.05) is 6.61 Å². The van der Waals surface area contributed by atoms with E-state index in [2.05, 4.69) is 26.8 Å². The molecule has 1 rings (SSSR count). The Bertz CT molecular complexity index is 293. The van der Waals surface area contributed by atoms with E-state index in [1.807, 2.05) is 12.1 Å². The standard InChI is InChI=1S/C9H8BrNO/c1-2-3-7-12-9-6-4-5-8(10)11-9/h1,4-6H,3,7H2. The van der Waals surface area contributed by atoms with Crippen LogP contribution in [0.3, 0.4) is 0 Å². The first-order valence-corrected chi connectivity index (χ1v) is 4.31. The van der Waals surface area contributed by atoms with E-state index in [1.165, 1.54) is 0 Å². The Labute approximate surface area is 80.1 Å². The van der Waals surface area contributed by atoms with E-state index in [-0.39, 0.29) is 0 Å². The van der Waals surface area contributed by atoms with E-state index in [0.29, 0.717) is 18.9 Å². The Morgan fingerprint density at radius 2 is 2.42 bits per heavy atom. The van der Waals surface area contributed by atoms with Crippen molar-refractivity contribution < 1.29 is 4.74 Å². The van der Waals surface area contributed by atoms with Gasteiger partial charge in [-0.05, 0) is 22.0 Å². The van der Waals surface area contributed by atoms with E-state index in [0.717, 1.165) is 4.60 Å². The zero-order chi connectivity index (χ0) is 8.81. The van der Waals surface area contributed by atoms with Crippen LogP contribution in [0.25, 0.3) is 0 Å². The second-order valence-corrected chi connectivity index (χ2v) is 2.91. The SMILES string of the molecule is C#CCCOc1cccc(Br)n1. The quantitative estimate of drug-likeness (QED) is 0.448. The van der Waals surface area contributed by atoms with Crippen molar-refractivity contribution in [1.82, 2.24) is 4.98 Å². The number of aromatic nitrogens is 1. The molecule has 0 aliphatic heterocycles. The molecule has 0 aromatic carbocycles. The van der Waals surface area contributed by atoms with Crippen LogP contribution in [0, 0.1) is 12.3 Å². The van der Waals surface area contributed by atoms with Gasteiger partial charge in [0.25, 0.3) is 0 Å². The zero-order valence-corrected chi connectivity index (χ0v) is 8.04. The molecule has 1 aromatic heterocycles. The van der Waals surface area contributed by atoms with E-state index < -0.39 is 0 Å². The fourth-order valence-corrected chi connectivity index (χ4v) is 1.01. The number of hydrogen-bond donors (Lipinski definition) is 0. The largest absolute Gasteiger partial charge is 0.477 e. The summed E-state index contributed by atoms with van der Waals surface area (Å²) >= 11 is 3.24. The molecule has 2 nitrogen and oxygen atoms in total. The minimum absolute atomic E-state index is 0.514. The highest BCUT2D eigenvalue weighted by Crippen LogP contribution is 2.11. The number of pyridine rings is 1. The second kappa shape index (κ2) is 4.78. The molecule has 0 aliphatic rings. The number of hydrogen-bond acceptors (Lipinski definition) is 2. The summed E-state index contributed by atoms with van der Waals surface area (Å²) in [5.74, 6) is 3.08. The first kappa shape index (κ1) is 9.08. The summed E-state index contributed by atoms with van der Waals surface area (Å²) in [4.78, 5) is 4.07. The minimum atomic E-state index is 0.514. The molecule has 0 bridgehead atoms. The second-order valence-electron chi connectivity index (χ2n) is 2.10. The van der Waals surface area contributed by atoms with Crippen LogP contribution in [-0.4, -0.2) is 11.6 Å². The van der Waals surface area contributed by atoms with Gasteiger partial charge in [-0.2, -0.15) is 0 Å². The maximum Gasteiger partial charge on any atom is 0.214 e. The van der Waals surface area contributed by atoms with Crippen LogP contribution in [0.15, 0.2) is 22.8 Å². The molecule has 0 N–H and O–H groups in total. The molecule has 12 heavy (non-hydrogen) atoms. The first-order chi connectivity index (χ1) is 5.83. The third-order valence-corrected chi connectivity index (χ3v) is 1.63. The summed E-state index contributed by atoms with van der Waals surface area (Å²) in [5, 5.41) is 0. The van der Waals surface area contributed by atoms with Crippen molar-refractivity contribution in [3.05, 3.63) is 22.8 Å². The molecule has 0 saturated heterocycles. The monoisotopic (exact) mass is 225 g/mol. The van der Waals surface area contributed by atoms with Gasteiger partial charge < -0.3 is 4.74 Å². The van der Waals surface area contributed by atoms with Crippen LogP contribution < -0.4 is 4.74 Å². The van der Waals surface area contributed by atoms with Crippen molar-refractivity contribution in [2.45, 2.75) is 6.42 Å². The van der Waals surface area contributed by atoms with Gasteiger partial charge in [-0.1, -0.05) is 6.07 Å². The molecule has 0 amide bonds. The van der Waals surface area contributed by atoms with Crippen molar-refractivity contribution in [2.24, 2.45) is 0 Å². The molecule has 0 saturated carbocycles. The topological polar surface area (TPSA) is 22.1 Å². The van der Waals surface area contributed by atoms with Crippen molar-refractivity contribution in [3.8, 4) is 18.2 Å². The Balaban J connectivity index is 2.48. The van der Waals surface area contributed by atoms with Crippen LogP contribution in [0.5, 0.6) is 5.88 Å². The summed E-state index contributed by atoms with van der Waals surface area (Å²) in [6.45, 7) is 0.514. The molecule has 3 heteroatoms. The third-order valence-electron chi connectivity index (χ3n) is 1.19. The smallest absolute Gasteiger partial charge is 0.214 e. The third kappa shape index (κ3) is 2.93. The average Bonchev–Trinajstić information content (AvgIpc) is 2.05. The van der Waals surface area contributed by atoms with Gasteiger partial charge in [0, 0.05) is 12.5 Å². The van der Waals surface area contributed by atoms with Gasteiger partial charge in [0.05, 0.1) is 0 Å². The summed E-state index contributed by atoms with van der Waals surface area (Å²) < 4.78 is 6.01. The van der Waals surface area contributed by atoms with Gasteiger partial charge in [-0.15, -0.1) is 12.3 Å². The van der Waals surface area contributed by atoms with Crippen LogP contribution in [0.4, 0.5) is 0 Å². The predicted octanol–water partition coefficient (Wildman–Crippen LogP) is 2.25. The van der Waals surface area contributed by atoms with Gasteiger partial charge in [0.2, 0.25) is 5.88 Å². The Kier molecular flexibility index (Phi) is 3.62. The van der Waals surface area contributed by atoms with Crippen molar-refractivity contribution in [1.29, 1.82) is 0 Å². The summed E-state index contributed by atoms with van der Waals surface area (Å²) in [5.41, 5.74) is 0. The molecule has 1 aromatic rings. The minimum Gasteiger partial charge on any atom is -0.477 e. The lowest BCUT2D eigenvalue weighted by molar-refractivity contribution is 0.314. The molecule has 0 aliphatic carbocycles. The van der Waals surface area contributed by atoms with Gasteiger partial charge in [0.1, 0.15) is 11.2 Å². The lowest BCUT2D eigenvalue weighted by Gasteiger charge is -2.01. The lowest BCUT2D eigenvalue weighted by atomic mass is 10.5. The van der Waals surface area contributed by atoms with Crippen LogP contribution in [0.1, 0.15) is 6.42 Å². The van der Waals surface area contributed by atoms with E-state index in [1.54, 1.807) is 6.07 Å². The summed E-state index contributed by atoms with van der Waals surface area (Å²) in [7, 11) is 0. The normalized spacial score (nSPS) is 9.00. The highest BCUT2D eigenvalue weighted by molar-refractivity contribution is 9.10.